The maximum absolute atomic E-state index is 5.24. The van der Waals surface area contributed by atoms with Gasteiger partial charge in [0.15, 0.2) is 5.96 Å². The van der Waals surface area contributed by atoms with E-state index >= 15 is 0 Å². The highest BCUT2D eigenvalue weighted by Crippen LogP contribution is 2.20. The van der Waals surface area contributed by atoms with E-state index in [1.165, 1.54) is 49.2 Å². The fraction of sp³-hybridized carbons (Fsp3) is 0.545. The number of aliphatic imine (C=N–C) groups is 1. The number of nitrogens with zero attached hydrogens (tertiary/aromatic N) is 4. The lowest BCUT2D eigenvalue weighted by Gasteiger charge is -2.29. The minimum Gasteiger partial charge on any atom is -0.372 e. The van der Waals surface area contributed by atoms with E-state index in [0.717, 1.165) is 36.9 Å². The van der Waals surface area contributed by atoms with Gasteiger partial charge in [0.05, 0.1) is 5.69 Å². The maximum atomic E-state index is 5.24. The fourth-order valence-corrected chi connectivity index (χ4v) is 3.86. The van der Waals surface area contributed by atoms with Crippen molar-refractivity contribution in [3.8, 4) is 0 Å². The van der Waals surface area contributed by atoms with Gasteiger partial charge < -0.3 is 19.6 Å². The Morgan fingerprint density at radius 2 is 1.86 bits per heavy atom. The van der Waals surface area contributed by atoms with Crippen LogP contribution in [-0.4, -0.2) is 49.7 Å². The minimum atomic E-state index is 0. The predicted octanol–water partition coefficient (Wildman–Crippen LogP) is 4.15. The van der Waals surface area contributed by atoms with Crippen LogP contribution in [0, 0.1) is 13.8 Å². The number of rotatable bonds is 6. The number of aryl methyl sites for hydroxylation is 2. The summed E-state index contributed by atoms with van der Waals surface area (Å²) in [5.41, 5.74) is 4.78. The van der Waals surface area contributed by atoms with Crippen LogP contribution >= 0.6 is 24.0 Å². The molecule has 0 radical (unpaired) electrons. The molecule has 0 spiro atoms. The Labute approximate surface area is 191 Å². The van der Waals surface area contributed by atoms with Crippen molar-refractivity contribution >= 4 is 35.6 Å². The van der Waals surface area contributed by atoms with E-state index in [2.05, 4.69) is 56.6 Å². The second kappa shape index (κ2) is 11.4. The van der Waals surface area contributed by atoms with Crippen LogP contribution in [-0.2, 0) is 13.0 Å². The molecule has 1 aromatic carbocycles. The highest BCUT2D eigenvalue weighted by Gasteiger charge is 2.12. The Kier molecular flexibility index (Phi) is 9.26. The molecule has 1 aliphatic heterocycles. The second-order valence-corrected chi connectivity index (χ2v) is 7.60. The SMILES string of the molecule is CN=C(NCCc1c(C)noc1C)N(C)Cc1ccc(N2CCCCC2)cc1.I. The molecule has 1 aromatic heterocycles. The first-order chi connectivity index (χ1) is 13.6. The van der Waals surface area contributed by atoms with Gasteiger partial charge in [-0.3, -0.25) is 4.99 Å². The maximum Gasteiger partial charge on any atom is 0.193 e. The first kappa shape index (κ1) is 23.5. The third-order valence-electron chi connectivity index (χ3n) is 5.49. The van der Waals surface area contributed by atoms with E-state index in [0.29, 0.717) is 0 Å². The van der Waals surface area contributed by atoms with Crippen LogP contribution < -0.4 is 10.2 Å². The monoisotopic (exact) mass is 511 g/mol. The average Bonchev–Trinajstić information content (AvgIpc) is 3.04. The van der Waals surface area contributed by atoms with Crippen molar-refractivity contribution in [3.05, 3.63) is 46.8 Å². The van der Waals surface area contributed by atoms with Crippen molar-refractivity contribution in [1.29, 1.82) is 0 Å². The van der Waals surface area contributed by atoms with E-state index in [1.807, 2.05) is 20.9 Å². The smallest absolute Gasteiger partial charge is 0.193 e. The van der Waals surface area contributed by atoms with Crippen LogP contribution in [0.25, 0.3) is 0 Å². The number of aromatic nitrogens is 1. The predicted molar refractivity (Wildman–Crippen MR) is 130 cm³/mol. The normalized spacial score (nSPS) is 14.5. The quantitative estimate of drug-likeness (QED) is 0.359. The fourth-order valence-electron chi connectivity index (χ4n) is 3.86. The molecule has 1 fully saturated rings. The number of halogens is 1. The zero-order valence-corrected chi connectivity index (χ0v) is 20.4. The second-order valence-electron chi connectivity index (χ2n) is 7.60. The van der Waals surface area contributed by atoms with Crippen molar-refractivity contribution in [2.75, 3.05) is 38.6 Å². The molecule has 2 heterocycles. The standard InChI is InChI=1S/C22H33N5O.HI/c1-17-21(18(2)28-25-17)12-13-24-22(23-3)26(4)16-19-8-10-20(11-9-19)27-14-6-5-7-15-27;/h8-11H,5-7,12-16H2,1-4H3,(H,23,24);1H. The number of piperidine rings is 1. The Morgan fingerprint density at radius 1 is 1.17 bits per heavy atom. The summed E-state index contributed by atoms with van der Waals surface area (Å²) in [6, 6.07) is 8.97. The average molecular weight is 511 g/mol. The van der Waals surface area contributed by atoms with E-state index < -0.39 is 0 Å². The third kappa shape index (κ3) is 6.35. The van der Waals surface area contributed by atoms with Gasteiger partial charge in [-0.25, -0.2) is 0 Å². The molecule has 0 aliphatic carbocycles. The molecule has 1 aliphatic rings. The summed E-state index contributed by atoms with van der Waals surface area (Å²) < 4.78 is 5.24. The molecule has 0 saturated carbocycles. The molecule has 0 amide bonds. The molecular weight excluding hydrogens is 477 g/mol. The first-order valence-electron chi connectivity index (χ1n) is 10.3. The minimum absolute atomic E-state index is 0. The molecule has 7 heteroatoms. The third-order valence-corrected chi connectivity index (χ3v) is 5.49. The van der Waals surface area contributed by atoms with E-state index in [-0.39, 0.29) is 24.0 Å². The molecule has 1 N–H and O–H groups in total. The number of benzene rings is 1. The summed E-state index contributed by atoms with van der Waals surface area (Å²) in [5.74, 6) is 1.79. The lowest BCUT2D eigenvalue weighted by atomic mass is 10.1. The van der Waals surface area contributed by atoms with Crippen LogP contribution in [0.3, 0.4) is 0 Å². The van der Waals surface area contributed by atoms with Gasteiger partial charge in [0.1, 0.15) is 5.76 Å². The Morgan fingerprint density at radius 3 is 2.45 bits per heavy atom. The summed E-state index contributed by atoms with van der Waals surface area (Å²) >= 11 is 0. The van der Waals surface area contributed by atoms with Crippen LogP contribution in [0.15, 0.2) is 33.8 Å². The van der Waals surface area contributed by atoms with Gasteiger partial charge in [0, 0.05) is 51.5 Å². The number of guanidine groups is 1. The summed E-state index contributed by atoms with van der Waals surface area (Å²) in [7, 11) is 3.90. The van der Waals surface area contributed by atoms with Crippen LogP contribution in [0.1, 0.15) is 41.8 Å². The molecule has 160 valence electrons. The molecule has 29 heavy (non-hydrogen) atoms. The summed E-state index contributed by atoms with van der Waals surface area (Å²) in [6.45, 7) is 7.94. The first-order valence-corrected chi connectivity index (χ1v) is 10.3. The Bertz CT molecular complexity index is 762. The molecule has 6 nitrogen and oxygen atoms in total. The molecule has 0 unspecified atom stereocenters. The Balaban J connectivity index is 0.00000300. The highest BCUT2D eigenvalue weighted by atomic mass is 127. The van der Waals surface area contributed by atoms with Crippen molar-refractivity contribution in [1.82, 2.24) is 15.4 Å². The summed E-state index contributed by atoms with van der Waals surface area (Å²) in [6.07, 6.45) is 4.85. The van der Waals surface area contributed by atoms with E-state index in [4.69, 9.17) is 4.52 Å². The summed E-state index contributed by atoms with van der Waals surface area (Å²) in [5, 5.41) is 7.46. The molecule has 0 atom stereocenters. The van der Waals surface area contributed by atoms with Crippen molar-refractivity contribution in [2.45, 2.75) is 46.1 Å². The van der Waals surface area contributed by atoms with Gasteiger partial charge in [-0.15, -0.1) is 24.0 Å². The summed E-state index contributed by atoms with van der Waals surface area (Å²) in [4.78, 5) is 9.07. The number of anilines is 1. The Hall–Kier alpha value is -1.77. The molecule has 1 saturated heterocycles. The molecule has 0 bridgehead atoms. The van der Waals surface area contributed by atoms with Gasteiger partial charge in [-0.1, -0.05) is 17.3 Å². The number of hydrogen-bond acceptors (Lipinski definition) is 4. The van der Waals surface area contributed by atoms with Gasteiger partial charge in [-0.05, 0) is 57.2 Å². The van der Waals surface area contributed by atoms with Crippen molar-refractivity contribution in [2.24, 2.45) is 4.99 Å². The van der Waals surface area contributed by atoms with E-state index in [1.54, 1.807) is 0 Å². The van der Waals surface area contributed by atoms with Gasteiger partial charge in [0.2, 0.25) is 0 Å². The lowest BCUT2D eigenvalue weighted by molar-refractivity contribution is 0.392. The van der Waals surface area contributed by atoms with Crippen molar-refractivity contribution < 1.29 is 4.52 Å². The van der Waals surface area contributed by atoms with Gasteiger partial charge in [-0.2, -0.15) is 0 Å². The topological polar surface area (TPSA) is 56.9 Å². The molecular formula is C22H34IN5O. The van der Waals surface area contributed by atoms with Gasteiger partial charge >= 0.3 is 0 Å². The van der Waals surface area contributed by atoms with Crippen LogP contribution in [0.4, 0.5) is 5.69 Å². The largest absolute Gasteiger partial charge is 0.372 e. The van der Waals surface area contributed by atoms with Crippen LogP contribution in [0.5, 0.6) is 0 Å². The highest BCUT2D eigenvalue weighted by molar-refractivity contribution is 14.0. The molecule has 2 aromatic rings. The number of nitrogens with one attached hydrogen (secondary N) is 1. The molecule has 3 rings (SSSR count). The zero-order chi connectivity index (χ0) is 19.9. The van der Waals surface area contributed by atoms with Gasteiger partial charge in [0.25, 0.3) is 0 Å². The van der Waals surface area contributed by atoms with Crippen LogP contribution in [0.2, 0.25) is 0 Å². The zero-order valence-electron chi connectivity index (χ0n) is 18.1. The van der Waals surface area contributed by atoms with Crippen molar-refractivity contribution in [3.63, 3.8) is 0 Å². The number of hydrogen-bond donors (Lipinski definition) is 1. The lowest BCUT2D eigenvalue weighted by Crippen LogP contribution is -2.39. The van der Waals surface area contributed by atoms with E-state index in [9.17, 15) is 0 Å².